The van der Waals surface area contributed by atoms with Crippen molar-refractivity contribution in [2.24, 2.45) is 21.7 Å². The van der Waals surface area contributed by atoms with E-state index in [0.717, 1.165) is 0 Å². The summed E-state index contributed by atoms with van der Waals surface area (Å²) in [5.74, 6) is -0.745. The summed E-state index contributed by atoms with van der Waals surface area (Å²) in [5.41, 5.74) is 10.9. The van der Waals surface area contributed by atoms with Crippen LogP contribution in [0, 0.1) is 0 Å². The van der Waals surface area contributed by atoms with E-state index in [4.69, 9.17) is 21.3 Å². The average Bonchev–Trinajstić information content (AvgIpc) is 2.26. The van der Waals surface area contributed by atoms with Crippen molar-refractivity contribution in [3.8, 4) is 5.75 Å². The van der Waals surface area contributed by atoms with Gasteiger partial charge in [-0.15, -0.1) is 17.5 Å². The van der Waals surface area contributed by atoms with Crippen LogP contribution in [0.1, 0.15) is 5.56 Å². The van der Waals surface area contributed by atoms with E-state index in [1.54, 1.807) is 24.3 Å². The first-order chi connectivity index (χ1) is 8.08. The molecule has 1 aromatic rings. The number of ether oxygens (including phenoxy) is 1. The third kappa shape index (κ3) is 6.33. The van der Waals surface area contributed by atoms with Crippen LogP contribution in [0.3, 0.4) is 0 Å². The van der Waals surface area contributed by atoms with Crippen LogP contribution in [-0.2, 0) is 4.79 Å². The smallest absolute Gasteiger partial charge is 0.341 e. The van der Waals surface area contributed by atoms with Crippen LogP contribution in [0.15, 0.2) is 34.5 Å². The maximum atomic E-state index is 10.3. The quantitative estimate of drug-likeness (QED) is 0.401. The summed E-state index contributed by atoms with van der Waals surface area (Å²) in [4.78, 5) is 10.3. The highest BCUT2D eigenvalue weighted by Gasteiger charge is 1.99. The van der Waals surface area contributed by atoms with Crippen molar-refractivity contribution >= 4 is 30.6 Å². The van der Waals surface area contributed by atoms with E-state index in [0.29, 0.717) is 11.3 Å². The molecular formula is C10H13ClN4O3. The van der Waals surface area contributed by atoms with Crippen molar-refractivity contribution in [2.45, 2.75) is 0 Å². The predicted molar refractivity (Wildman–Crippen MR) is 70.2 cm³/mol. The lowest BCUT2D eigenvalue weighted by Crippen LogP contribution is -2.21. The third-order valence-electron chi connectivity index (χ3n) is 1.60. The first-order valence-corrected chi connectivity index (χ1v) is 4.64. The highest BCUT2D eigenvalue weighted by Crippen LogP contribution is 2.11. The van der Waals surface area contributed by atoms with Gasteiger partial charge in [-0.2, -0.15) is 5.10 Å². The van der Waals surface area contributed by atoms with Crippen LogP contribution in [0.2, 0.25) is 0 Å². The number of carbonyl (C=O) groups is 1. The number of carboxylic acids is 1. The first kappa shape index (κ1) is 15.7. The minimum atomic E-state index is -1.04. The second-order valence-electron chi connectivity index (χ2n) is 3.02. The van der Waals surface area contributed by atoms with Gasteiger partial charge < -0.3 is 21.3 Å². The number of rotatable bonds is 5. The van der Waals surface area contributed by atoms with Crippen molar-refractivity contribution in [3.63, 3.8) is 0 Å². The molecule has 0 aliphatic heterocycles. The number of halogens is 1. The second kappa shape index (κ2) is 7.91. The van der Waals surface area contributed by atoms with Gasteiger partial charge >= 0.3 is 5.97 Å². The molecule has 0 amide bonds. The van der Waals surface area contributed by atoms with Gasteiger partial charge in [-0.05, 0) is 17.7 Å². The van der Waals surface area contributed by atoms with Gasteiger partial charge in [0.1, 0.15) is 5.75 Å². The molecule has 0 spiro atoms. The Morgan fingerprint density at radius 3 is 2.78 bits per heavy atom. The molecule has 0 fully saturated rings. The number of nitrogens with zero attached hydrogens (tertiary/aromatic N) is 2. The topological polar surface area (TPSA) is 123 Å². The summed E-state index contributed by atoms with van der Waals surface area (Å²) in [6.45, 7) is -0.394. The minimum absolute atomic E-state index is 0. The van der Waals surface area contributed by atoms with Crippen molar-refractivity contribution in [1.29, 1.82) is 0 Å². The Kier molecular flexibility index (Phi) is 6.91. The van der Waals surface area contributed by atoms with E-state index in [-0.39, 0.29) is 18.4 Å². The molecule has 5 N–H and O–H groups in total. The van der Waals surface area contributed by atoms with Crippen LogP contribution in [0.5, 0.6) is 5.75 Å². The standard InChI is InChI=1S/C10H12N4O3.ClH/c11-10(12)14-13-5-7-2-1-3-8(4-7)17-6-9(15)16;/h1-5H,6H2,(H,15,16)(H4,11,12,14);1H/b13-5+;. The van der Waals surface area contributed by atoms with Crippen LogP contribution in [0.4, 0.5) is 0 Å². The normalized spacial score (nSPS) is 9.56. The number of hydrogen-bond acceptors (Lipinski definition) is 4. The second-order valence-corrected chi connectivity index (χ2v) is 3.02. The van der Waals surface area contributed by atoms with E-state index in [2.05, 4.69) is 10.2 Å². The Morgan fingerprint density at radius 2 is 2.17 bits per heavy atom. The number of aliphatic carboxylic acids is 1. The Labute approximate surface area is 110 Å². The first-order valence-electron chi connectivity index (χ1n) is 4.64. The molecule has 0 atom stereocenters. The van der Waals surface area contributed by atoms with Gasteiger partial charge in [-0.3, -0.25) is 0 Å². The molecule has 8 heteroatoms. The molecule has 0 saturated carbocycles. The molecule has 0 unspecified atom stereocenters. The van der Waals surface area contributed by atoms with Crippen LogP contribution >= 0.6 is 12.4 Å². The molecule has 0 saturated heterocycles. The number of hydrogen-bond donors (Lipinski definition) is 3. The number of benzene rings is 1. The molecule has 0 aliphatic carbocycles. The van der Waals surface area contributed by atoms with Crippen molar-refractivity contribution in [1.82, 2.24) is 0 Å². The zero-order chi connectivity index (χ0) is 12.7. The van der Waals surface area contributed by atoms with Gasteiger partial charge in [0.05, 0.1) is 6.21 Å². The lowest BCUT2D eigenvalue weighted by atomic mass is 10.2. The van der Waals surface area contributed by atoms with Gasteiger partial charge in [0.15, 0.2) is 6.61 Å². The third-order valence-corrected chi connectivity index (χ3v) is 1.60. The maximum Gasteiger partial charge on any atom is 0.341 e. The van der Waals surface area contributed by atoms with E-state index in [1.165, 1.54) is 6.21 Å². The fourth-order valence-electron chi connectivity index (χ4n) is 0.992. The summed E-state index contributed by atoms with van der Waals surface area (Å²) < 4.78 is 4.99. The monoisotopic (exact) mass is 272 g/mol. The lowest BCUT2D eigenvalue weighted by molar-refractivity contribution is -0.139. The molecule has 1 aromatic carbocycles. The summed E-state index contributed by atoms with van der Waals surface area (Å²) in [6, 6.07) is 6.71. The SMILES string of the molecule is Cl.NC(N)=N/N=C/c1cccc(OCC(=O)O)c1. The molecular weight excluding hydrogens is 260 g/mol. The molecule has 0 aliphatic rings. The molecule has 18 heavy (non-hydrogen) atoms. The molecule has 98 valence electrons. The molecule has 0 heterocycles. The summed E-state index contributed by atoms with van der Waals surface area (Å²) in [7, 11) is 0. The summed E-state index contributed by atoms with van der Waals surface area (Å²) in [5, 5.41) is 15.5. The van der Waals surface area contributed by atoms with Crippen molar-refractivity contribution in [2.75, 3.05) is 6.61 Å². The molecule has 1 rings (SSSR count). The highest BCUT2D eigenvalue weighted by molar-refractivity contribution is 5.85. The van der Waals surface area contributed by atoms with E-state index >= 15 is 0 Å². The fourth-order valence-corrected chi connectivity index (χ4v) is 0.992. The summed E-state index contributed by atoms with van der Waals surface area (Å²) >= 11 is 0. The zero-order valence-electron chi connectivity index (χ0n) is 9.31. The minimum Gasteiger partial charge on any atom is -0.482 e. The summed E-state index contributed by atoms with van der Waals surface area (Å²) in [6.07, 6.45) is 1.42. The molecule has 7 nitrogen and oxygen atoms in total. The maximum absolute atomic E-state index is 10.3. The highest BCUT2D eigenvalue weighted by atomic mass is 35.5. The molecule has 0 bridgehead atoms. The Bertz CT molecular complexity index is 458. The largest absolute Gasteiger partial charge is 0.482 e. The Hall–Kier alpha value is -2.28. The Balaban J connectivity index is 0.00000289. The van der Waals surface area contributed by atoms with Crippen LogP contribution < -0.4 is 16.2 Å². The van der Waals surface area contributed by atoms with Gasteiger partial charge in [0, 0.05) is 0 Å². The lowest BCUT2D eigenvalue weighted by Gasteiger charge is -2.02. The fraction of sp³-hybridized carbons (Fsp3) is 0.100. The number of carboxylic acid groups (broad SMARTS) is 1. The van der Waals surface area contributed by atoms with Gasteiger partial charge in [0.2, 0.25) is 5.96 Å². The molecule has 0 radical (unpaired) electrons. The molecule has 0 aromatic heterocycles. The van der Waals surface area contributed by atoms with Gasteiger partial charge in [-0.25, -0.2) is 4.79 Å². The Morgan fingerprint density at radius 1 is 1.44 bits per heavy atom. The van der Waals surface area contributed by atoms with Crippen LogP contribution in [0.25, 0.3) is 0 Å². The van der Waals surface area contributed by atoms with Crippen molar-refractivity contribution in [3.05, 3.63) is 29.8 Å². The zero-order valence-corrected chi connectivity index (χ0v) is 10.1. The van der Waals surface area contributed by atoms with Gasteiger partial charge in [0.25, 0.3) is 0 Å². The van der Waals surface area contributed by atoms with Crippen LogP contribution in [-0.4, -0.2) is 29.9 Å². The van der Waals surface area contributed by atoms with E-state index in [9.17, 15) is 4.79 Å². The van der Waals surface area contributed by atoms with E-state index < -0.39 is 12.6 Å². The van der Waals surface area contributed by atoms with Crippen molar-refractivity contribution < 1.29 is 14.6 Å². The average molecular weight is 273 g/mol. The number of nitrogens with two attached hydrogens (primary N) is 2. The van der Waals surface area contributed by atoms with E-state index in [1.807, 2.05) is 0 Å². The predicted octanol–water partition coefficient (Wildman–Crippen LogP) is 0.179. The van der Waals surface area contributed by atoms with Gasteiger partial charge in [-0.1, -0.05) is 12.1 Å². The number of guanidine groups is 1.